The van der Waals surface area contributed by atoms with Crippen molar-refractivity contribution in [2.75, 3.05) is 6.61 Å². The van der Waals surface area contributed by atoms with Crippen LogP contribution in [0.15, 0.2) is 36.4 Å². The summed E-state index contributed by atoms with van der Waals surface area (Å²) in [6, 6.07) is 12.2. The van der Waals surface area contributed by atoms with Gasteiger partial charge in [0, 0.05) is 17.5 Å². The quantitative estimate of drug-likeness (QED) is 0.569. The van der Waals surface area contributed by atoms with Crippen LogP contribution in [-0.4, -0.2) is 27.9 Å². The van der Waals surface area contributed by atoms with E-state index in [1.807, 2.05) is 44.2 Å². The molecule has 0 saturated heterocycles. The summed E-state index contributed by atoms with van der Waals surface area (Å²) in [5, 5.41) is 19.4. The van der Waals surface area contributed by atoms with Gasteiger partial charge in [-0.25, -0.2) is 0 Å². The maximum absolute atomic E-state index is 10.8. The number of carboxylic acid groups (broad SMARTS) is 1. The molecule has 0 amide bonds. The molecule has 0 radical (unpaired) electrons. The van der Waals surface area contributed by atoms with Crippen LogP contribution in [0.3, 0.4) is 0 Å². The van der Waals surface area contributed by atoms with Crippen LogP contribution < -0.4 is 4.74 Å². The van der Waals surface area contributed by atoms with Gasteiger partial charge >= 0.3 is 5.97 Å². The highest BCUT2D eigenvalue weighted by Gasteiger charge is 2.13. The highest BCUT2D eigenvalue weighted by atomic mass is 32.1. The third-order valence-electron chi connectivity index (χ3n) is 4.56. The number of hydrogen-bond acceptors (Lipinski definition) is 5. The average Bonchev–Trinajstić information content (AvgIpc) is 3.16. The second-order valence-corrected chi connectivity index (χ2v) is 7.54. The van der Waals surface area contributed by atoms with E-state index in [4.69, 9.17) is 9.84 Å². The summed E-state index contributed by atoms with van der Waals surface area (Å²) >= 11 is 1.56. The first-order valence-corrected chi connectivity index (χ1v) is 10.2. The molecule has 28 heavy (non-hydrogen) atoms. The van der Waals surface area contributed by atoms with Crippen molar-refractivity contribution >= 4 is 17.3 Å². The van der Waals surface area contributed by atoms with E-state index < -0.39 is 5.97 Å². The summed E-state index contributed by atoms with van der Waals surface area (Å²) in [6.45, 7) is 6.77. The number of aliphatic carboxylic acids is 1. The van der Waals surface area contributed by atoms with Gasteiger partial charge in [-0.05, 0) is 61.6 Å². The third kappa shape index (κ3) is 4.57. The van der Waals surface area contributed by atoms with E-state index >= 15 is 0 Å². The molecule has 0 aliphatic carbocycles. The molecule has 3 rings (SSSR count). The van der Waals surface area contributed by atoms with Crippen molar-refractivity contribution in [3.63, 3.8) is 0 Å². The molecule has 0 aliphatic rings. The van der Waals surface area contributed by atoms with Crippen molar-refractivity contribution in [3.05, 3.63) is 53.1 Å². The predicted molar refractivity (Wildman–Crippen MR) is 112 cm³/mol. The first-order valence-electron chi connectivity index (χ1n) is 9.43. The number of hydrogen-bond donors (Lipinski definition) is 1. The van der Waals surface area contributed by atoms with Gasteiger partial charge in [0.05, 0.1) is 6.61 Å². The normalized spacial score (nSPS) is 10.8. The highest BCUT2D eigenvalue weighted by Crippen LogP contribution is 2.34. The molecular weight excluding hydrogens is 372 g/mol. The number of nitrogens with zero attached hydrogens (tertiary/aromatic N) is 2. The van der Waals surface area contributed by atoms with Gasteiger partial charge in [0.1, 0.15) is 15.8 Å². The lowest BCUT2D eigenvalue weighted by molar-refractivity contribution is -0.136. The lowest BCUT2D eigenvalue weighted by atomic mass is 10.0. The molecule has 2 aromatic carbocycles. The van der Waals surface area contributed by atoms with Gasteiger partial charge in [0.15, 0.2) is 0 Å². The van der Waals surface area contributed by atoms with Crippen LogP contribution in [0, 0.1) is 6.92 Å². The van der Waals surface area contributed by atoms with Gasteiger partial charge in [0.2, 0.25) is 0 Å². The summed E-state index contributed by atoms with van der Waals surface area (Å²) in [6.07, 6.45) is 1.56. The molecule has 3 aromatic rings. The summed E-state index contributed by atoms with van der Waals surface area (Å²) < 4.78 is 5.69. The van der Waals surface area contributed by atoms with E-state index in [0.717, 1.165) is 50.0 Å². The van der Waals surface area contributed by atoms with Crippen LogP contribution in [0.4, 0.5) is 0 Å². The maximum Gasteiger partial charge on any atom is 0.303 e. The van der Waals surface area contributed by atoms with Gasteiger partial charge in [-0.15, -0.1) is 10.2 Å². The Morgan fingerprint density at radius 2 is 1.89 bits per heavy atom. The van der Waals surface area contributed by atoms with Crippen LogP contribution in [0.25, 0.3) is 21.1 Å². The Labute approximate surface area is 169 Å². The van der Waals surface area contributed by atoms with E-state index in [1.165, 1.54) is 0 Å². The molecule has 1 N–H and O–H groups in total. The van der Waals surface area contributed by atoms with Crippen molar-refractivity contribution in [1.29, 1.82) is 0 Å². The molecule has 1 heterocycles. The van der Waals surface area contributed by atoms with Gasteiger partial charge in [-0.3, -0.25) is 4.79 Å². The van der Waals surface area contributed by atoms with Crippen molar-refractivity contribution in [2.45, 2.75) is 40.0 Å². The summed E-state index contributed by atoms with van der Waals surface area (Å²) in [4.78, 5) is 10.8. The molecule has 1 aromatic heterocycles. The molecule has 6 heteroatoms. The van der Waals surface area contributed by atoms with E-state index in [2.05, 4.69) is 23.2 Å². The van der Waals surface area contributed by atoms with Crippen molar-refractivity contribution in [3.8, 4) is 26.9 Å². The fourth-order valence-electron chi connectivity index (χ4n) is 3.11. The van der Waals surface area contributed by atoms with E-state index in [9.17, 15) is 4.79 Å². The topological polar surface area (TPSA) is 72.3 Å². The number of aromatic nitrogens is 2. The molecule has 0 spiro atoms. The highest BCUT2D eigenvalue weighted by molar-refractivity contribution is 7.17. The Morgan fingerprint density at radius 3 is 2.57 bits per heavy atom. The zero-order valence-electron chi connectivity index (χ0n) is 16.4. The van der Waals surface area contributed by atoms with Gasteiger partial charge in [0.25, 0.3) is 0 Å². The lowest BCUT2D eigenvalue weighted by Crippen LogP contribution is -1.98. The predicted octanol–water partition coefficient (Wildman–Crippen LogP) is 5.16. The molecule has 5 nitrogen and oxygen atoms in total. The molecule has 146 valence electrons. The Kier molecular flexibility index (Phi) is 6.41. The molecule has 0 unspecified atom stereocenters. The van der Waals surface area contributed by atoms with Crippen LogP contribution in [-0.2, 0) is 17.6 Å². The third-order valence-corrected chi connectivity index (χ3v) is 5.57. The van der Waals surface area contributed by atoms with Crippen LogP contribution >= 0.6 is 11.3 Å². The summed E-state index contributed by atoms with van der Waals surface area (Å²) in [5.74, 6) is 0.142. The Hall–Kier alpha value is -2.73. The van der Waals surface area contributed by atoms with Crippen LogP contribution in [0.5, 0.6) is 5.75 Å². The van der Waals surface area contributed by atoms with Gasteiger partial charge < -0.3 is 9.84 Å². The first-order chi connectivity index (χ1) is 13.5. The van der Waals surface area contributed by atoms with Gasteiger partial charge in [-0.1, -0.05) is 36.5 Å². The molecule has 0 atom stereocenters. The summed E-state index contributed by atoms with van der Waals surface area (Å²) in [7, 11) is 0. The molecule has 0 saturated carbocycles. The zero-order chi connectivity index (χ0) is 20.1. The second kappa shape index (κ2) is 8.97. The fourth-order valence-corrected chi connectivity index (χ4v) is 4.04. The minimum atomic E-state index is -0.780. The van der Waals surface area contributed by atoms with E-state index in [1.54, 1.807) is 11.3 Å². The Bertz CT molecular complexity index is 982. The average molecular weight is 397 g/mol. The number of carbonyl (C=O) groups is 1. The standard InChI is InChI=1S/C22H24N2O3S/c1-4-16-13-17(8-10-19(16)27-5-2)21-23-24-22(28-21)18-9-6-15(12-14(18)3)7-11-20(25)26/h6,8-10,12-13H,4-5,7,11H2,1-3H3,(H,25,26). The summed E-state index contributed by atoms with van der Waals surface area (Å²) in [5.41, 5.74) is 5.33. The van der Waals surface area contributed by atoms with Crippen LogP contribution in [0.1, 0.15) is 37.0 Å². The minimum absolute atomic E-state index is 0.138. The SMILES string of the molecule is CCOc1ccc(-c2nnc(-c3ccc(CCC(=O)O)cc3C)s2)cc1CC. The molecule has 0 aliphatic heterocycles. The second-order valence-electron chi connectivity index (χ2n) is 6.56. The lowest BCUT2D eigenvalue weighted by Gasteiger charge is -2.09. The smallest absolute Gasteiger partial charge is 0.303 e. The fraction of sp³-hybridized carbons (Fsp3) is 0.318. The number of ether oxygens (including phenoxy) is 1. The van der Waals surface area contributed by atoms with Crippen LogP contribution in [0.2, 0.25) is 0 Å². The number of carboxylic acids is 1. The Morgan fingerprint density at radius 1 is 1.11 bits per heavy atom. The largest absolute Gasteiger partial charge is 0.494 e. The molecule has 0 bridgehead atoms. The maximum atomic E-state index is 10.8. The van der Waals surface area contributed by atoms with E-state index in [-0.39, 0.29) is 6.42 Å². The number of benzene rings is 2. The molecular formula is C22H24N2O3S. The molecule has 0 fully saturated rings. The Balaban J connectivity index is 1.85. The van der Waals surface area contributed by atoms with E-state index in [0.29, 0.717) is 13.0 Å². The number of aryl methyl sites for hydroxylation is 3. The first kappa shape index (κ1) is 20.0. The van der Waals surface area contributed by atoms with Crippen molar-refractivity contribution in [2.24, 2.45) is 0 Å². The van der Waals surface area contributed by atoms with Crippen molar-refractivity contribution < 1.29 is 14.6 Å². The monoisotopic (exact) mass is 396 g/mol. The minimum Gasteiger partial charge on any atom is -0.494 e. The van der Waals surface area contributed by atoms with Gasteiger partial charge in [-0.2, -0.15) is 0 Å². The zero-order valence-corrected chi connectivity index (χ0v) is 17.2. The van der Waals surface area contributed by atoms with Crippen molar-refractivity contribution in [1.82, 2.24) is 10.2 Å². The number of rotatable bonds is 8.